The van der Waals surface area contributed by atoms with Crippen LogP contribution in [-0.2, 0) is 0 Å². The average Bonchev–Trinajstić information content (AvgIpc) is 2.29. The topological polar surface area (TPSA) is 38.4 Å². The van der Waals surface area contributed by atoms with Gasteiger partial charge in [-0.1, -0.05) is 13.8 Å². The predicted octanol–water partition coefficient (Wildman–Crippen LogP) is 1.64. The minimum Gasteiger partial charge on any atom is -0.385 e. The largest absolute Gasteiger partial charge is 0.385 e. The van der Waals surface area contributed by atoms with Gasteiger partial charge in [0.2, 0.25) is 0 Å². The van der Waals surface area contributed by atoms with Gasteiger partial charge in [-0.3, -0.25) is 4.99 Å². The summed E-state index contributed by atoms with van der Waals surface area (Å²) in [7, 11) is 0. The minimum absolute atomic E-state index is 0.189. The molecule has 1 atom stereocenters. The van der Waals surface area contributed by atoms with E-state index in [2.05, 4.69) is 4.99 Å². The van der Waals surface area contributed by atoms with Crippen molar-refractivity contribution in [3.8, 4) is 0 Å². The Labute approximate surface area is 66.7 Å². The van der Waals surface area contributed by atoms with E-state index in [9.17, 15) is 4.39 Å². The van der Waals surface area contributed by atoms with Gasteiger partial charge in [0.15, 0.2) is 6.17 Å². The first-order valence-corrected chi connectivity index (χ1v) is 4.13. The molecule has 0 aromatic carbocycles. The molecule has 64 valence electrons. The van der Waals surface area contributed by atoms with Gasteiger partial charge >= 0.3 is 0 Å². The highest BCUT2D eigenvalue weighted by molar-refractivity contribution is 5.87. The van der Waals surface area contributed by atoms with Crippen LogP contribution < -0.4 is 5.73 Å². The summed E-state index contributed by atoms with van der Waals surface area (Å²) in [6.45, 7) is 4.05. The Hall–Kier alpha value is -0.600. The second-order valence-electron chi connectivity index (χ2n) is 3.14. The summed E-state index contributed by atoms with van der Waals surface area (Å²) >= 11 is 0. The number of nitrogens with two attached hydrogens (primary N) is 1. The van der Waals surface area contributed by atoms with Crippen molar-refractivity contribution in [2.75, 3.05) is 0 Å². The van der Waals surface area contributed by atoms with E-state index >= 15 is 0 Å². The van der Waals surface area contributed by atoms with Crippen molar-refractivity contribution in [2.24, 2.45) is 10.7 Å². The van der Waals surface area contributed by atoms with Crippen molar-refractivity contribution in [2.45, 2.75) is 44.8 Å². The molecule has 0 aromatic rings. The normalized spacial score (nSPS) is 28.6. The Morgan fingerprint density at radius 2 is 2.18 bits per heavy atom. The average molecular weight is 158 g/mol. The van der Waals surface area contributed by atoms with E-state index in [0.29, 0.717) is 6.42 Å². The summed E-state index contributed by atoms with van der Waals surface area (Å²) in [5.74, 6) is 0.189. The summed E-state index contributed by atoms with van der Waals surface area (Å²) in [6, 6.07) is 0. The van der Waals surface area contributed by atoms with Crippen LogP contribution in [0.25, 0.3) is 0 Å². The first kappa shape index (κ1) is 8.50. The second kappa shape index (κ2) is 2.80. The molecule has 2 nitrogen and oxygen atoms in total. The van der Waals surface area contributed by atoms with E-state index in [1.54, 1.807) is 0 Å². The smallest absolute Gasteiger partial charge is 0.159 e. The molecule has 1 rings (SSSR count). The highest BCUT2D eigenvalue weighted by Crippen LogP contribution is 2.32. The lowest BCUT2D eigenvalue weighted by atomic mass is 9.90. The zero-order valence-electron chi connectivity index (χ0n) is 7.10. The molecule has 0 saturated carbocycles. The van der Waals surface area contributed by atoms with Crippen LogP contribution in [0.3, 0.4) is 0 Å². The molecule has 1 aliphatic rings. The van der Waals surface area contributed by atoms with Crippen molar-refractivity contribution in [3.05, 3.63) is 0 Å². The SMILES string of the molecule is CCC1(CC)CC(F)C(N)=N1. The number of alkyl halides is 1. The van der Waals surface area contributed by atoms with Gasteiger partial charge in [0.25, 0.3) is 0 Å². The molecule has 0 radical (unpaired) electrons. The van der Waals surface area contributed by atoms with Crippen LogP contribution in [-0.4, -0.2) is 17.5 Å². The van der Waals surface area contributed by atoms with Crippen molar-refractivity contribution in [1.29, 1.82) is 0 Å². The van der Waals surface area contributed by atoms with E-state index < -0.39 is 6.17 Å². The maximum atomic E-state index is 12.9. The quantitative estimate of drug-likeness (QED) is 0.652. The minimum atomic E-state index is -1.00. The van der Waals surface area contributed by atoms with Gasteiger partial charge in [0, 0.05) is 6.42 Å². The molecule has 1 heterocycles. The monoisotopic (exact) mass is 158 g/mol. The molecule has 0 spiro atoms. The summed E-state index contributed by atoms with van der Waals surface area (Å²) in [6.07, 6.45) is 1.23. The van der Waals surface area contributed by atoms with Gasteiger partial charge < -0.3 is 5.73 Å². The van der Waals surface area contributed by atoms with Crippen LogP contribution in [0.2, 0.25) is 0 Å². The lowest BCUT2D eigenvalue weighted by Gasteiger charge is -2.21. The fraction of sp³-hybridized carbons (Fsp3) is 0.875. The number of hydrogen-bond donors (Lipinski definition) is 1. The maximum absolute atomic E-state index is 12.9. The molecule has 0 aromatic heterocycles. The van der Waals surface area contributed by atoms with Crippen LogP contribution >= 0.6 is 0 Å². The van der Waals surface area contributed by atoms with Crippen LogP contribution in [0.4, 0.5) is 4.39 Å². The zero-order valence-corrected chi connectivity index (χ0v) is 7.10. The Morgan fingerprint density at radius 3 is 2.36 bits per heavy atom. The molecule has 0 fully saturated rings. The highest BCUT2D eigenvalue weighted by atomic mass is 19.1. The van der Waals surface area contributed by atoms with E-state index in [1.807, 2.05) is 13.8 Å². The fourth-order valence-corrected chi connectivity index (χ4v) is 1.52. The molecule has 1 unspecified atom stereocenters. The molecule has 0 amide bonds. The van der Waals surface area contributed by atoms with E-state index in [4.69, 9.17) is 5.73 Å². The van der Waals surface area contributed by atoms with Gasteiger partial charge in [0.05, 0.1) is 5.54 Å². The van der Waals surface area contributed by atoms with Crippen LogP contribution in [0.1, 0.15) is 33.1 Å². The van der Waals surface area contributed by atoms with E-state index in [0.717, 1.165) is 12.8 Å². The van der Waals surface area contributed by atoms with Gasteiger partial charge in [0.1, 0.15) is 5.84 Å². The third kappa shape index (κ3) is 1.37. The summed E-state index contributed by atoms with van der Waals surface area (Å²) in [4.78, 5) is 4.16. The number of hydrogen-bond acceptors (Lipinski definition) is 2. The number of nitrogens with zero attached hydrogens (tertiary/aromatic N) is 1. The number of halogens is 1. The molecular weight excluding hydrogens is 143 g/mol. The zero-order chi connectivity index (χ0) is 8.48. The molecule has 0 bridgehead atoms. The van der Waals surface area contributed by atoms with Gasteiger partial charge in [-0.15, -0.1) is 0 Å². The number of aliphatic imine (C=N–C) groups is 1. The molecule has 0 saturated heterocycles. The molecule has 0 aliphatic carbocycles. The predicted molar refractivity (Wildman–Crippen MR) is 44.4 cm³/mol. The van der Waals surface area contributed by atoms with Crippen LogP contribution in [0, 0.1) is 0 Å². The van der Waals surface area contributed by atoms with Crippen molar-refractivity contribution in [3.63, 3.8) is 0 Å². The standard InChI is InChI=1S/C8H15FN2/c1-3-8(4-2)5-6(9)7(10)11-8/h6H,3-5H2,1-2H3,(H2,10,11). The van der Waals surface area contributed by atoms with Crippen molar-refractivity contribution in [1.82, 2.24) is 0 Å². The van der Waals surface area contributed by atoms with Crippen molar-refractivity contribution < 1.29 is 4.39 Å². The molecule has 2 N–H and O–H groups in total. The number of rotatable bonds is 2. The lowest BCUT2D eigenvalue weighted by Crippen LogP contribution is -2.23. The Morgan fingerprint density at radius 1 is 1.64 bits per heavy atom. The molecular formula is C8H15FN2. The molecule has 11 heavy (non-hydrogen) atoms. The highest BCUT2D eigenvalue weighted by Gasteiger charge is 2.37. The van der Waals surface area contributed by atoms with Gasteiger partial charge in [-0.05, 0) is 12.8 Å². The summed E-state index contributed by atoms with van der Waals surface area (Å²) in [5, 5.41) is 0. The third-order valence-electron chi connectivity index (χ3n) is 2.56. The maximum Gasteiger partial charge on any atom is 0.159 e. The van der Waals surface area contributed by atoms with Gasteiger partial charge in [-0.25, -0.2) is 4.39 Å². The Bertz CT molecular complexity index is 173. The van der Waals surface area contributed by atoms with E-state index in [-0.39, 0.29) is 11.4 Å². The second-order valence-corrected chi connectivity index (χ2v) is 3.14. The molecule has 1 aliphatic heterocycles. The number of amidine groups is 1. The fourth-order valence-electron chi connectivity index (χ4n) is 1.52. The first-order chi connectivity index (χ1) is 5.13. The first-order valence-electron chi connectivity index (χ1n) is 4.13. The van der Waals surface area contributed by atoms with Crippen molar-refractivity contribution >= 4 is 5.84 Å². The molecule has 3 heteroatoms. The Kier molecular flexibility index (Phi) is 2.16. The van der Waals surface area contributed by atoms with Gasteiger partial charge in [-0.2, -0.15) is 0 Å². The summed E-state index contributed by atoms with van der Waals surface area (Å²) < 4.78 is 12.9. The summed E-state index contributed by atoms with van der Waals surface area (Å²) in [5.41, 5.74) is 5.19. The third-order valence-corrected chi connectivity index (χ3v) is 2.56. The van der Waals surface area contributed by atoms with Crippen LogP contribution in [0.5, 0.6) is 0 Å². The lowest BCUT2D eigenvalue weighted by molar-refractivity contribution is 0.314. The Balaban J connectivity index is 2.76. The van der Waals surface area contributed by atoms with E-state index in [1.165, 1.54) is 0 Å². The van der Waals surface area contributed by atoms with Crippen LogP contribution in [0.15, 0.2) is 4.99 Å².